The van der Waals surface area contributed by atoms with Gasteiger partial charge >= 0.3 is 11.9 Å². The van der Waals surface area contributed by atoms with Crippen LogP contribution in [0, 0.1) is 5.41 Å². The van der Waals surface area contributed by atoms with Gasteiger partial charge in [0.15, 0.2) is 0 Å². The van der Waals surface area contributed by atoms with Crippen molar-refractivity contribution in [1.82, 2.24) is 4.31 Å². The summed E-state index contributed by atoms with van der Waals surface area (Å²) in [5.74, 6) is -1.88. The average molecular weight is 362 g/mol. The number of hydrogen-bond acceptors (Lipinski definition) is 5. The van der Waals surface area contributed by atoms with Crippen molar-refractivity contribution in [2.75, 3.05) is 20.2 Å². The van der Waals surface area contributed by atoms with Crippen LogP contribution in [-0.2, 0) is 19.6 Å². The fourth-order valence-electron chi connectivity index (χ4n) is 2.43. The fourth-order valence-corrected chi connectivity index (χ4v) is 4.33. The van der Waals surface area contributed by atoms with Crippen LogP contribution < -0.4 is 0 Å². The molecule has 0 saturated carbocycles. The summed E-state index contributed by atoms with van der Waals surface area (Å²) >= 11 is 5.82. The van der Waals surface area contributed by atoms with Crippen LogP contribution in [0.3, 0.4) is 0 Å². The van der Waals surface area contributed by atoms with E-state index in [9.17, 15) is 23.1 Å². The van der Waals surface area contributed by atoms with Crippen molar-refractivity contribution in [2.45, 2.75) is 18.2 Å². The van der Waals surface area contributed by atoms with Gasteiger partial charge in [-0.3, -0.25) is 4.79 Å². The van der Waals surface area contributed by atoms with E-state index in [-0.39, 0.29) is 35.0 Å². The quantitative estimate of drug-likeness (QED) is 0.817. The van der Waals surface area contributed by atoms with E-state index in [0.717, 1.165) is 11.4 Å². The first-order chi connectivity index (χ1) is 10.6. The number of carboxylic acids is 1. The first-order valence-electron chi connectivity index (χ1n) is 6.73. The maximum Gasteiger partial charge on any atom is 0.339 e. The minimum Gasteiger partial charge on any atom is -0.481 e. The summed E-state index contributed by atoms with van der Waals surface area (Å²) in [6.45, 7) is 1.40. The van der Waals surface area contributed by atoms with Crippen LogP contribution in [0.25, 0.3) is 0 Å². The van der Waals surface area contributed by atoms with Crippen LogP contribution >= 0.6 is 11.6 Å². The third kappa shape index (κ3) is 3.19. The molecule has 23 heavy (non-hydrogen) atoms. The molecule has 0 radical (unpaired) electrons. The van der Waals surface area contributed by atoms with E-state index in [1.807, 2.05) is 0 Å². The summed E-state index contributed by atoms with van der Waals surface area (Å²) < 4.78 is 31.2. The summed E-state index contributed by atoms with van der Waals surface area (Å²) in [5.41, 5.74) is -1.32. The molecule has 1 saturated heterocycles. The Labute approximate surface area is 138 Å². The molecule has 1 aromatic rings. The second-order valence-corrected chi connectivity index (χ2v) is 7.93. The van der Waals surface area contributed by atoms with Gasteiger partial charge in [0, 0.05) is 18.1 Å². The molecule has 1 aliphatic heterocycles. The predicted molar refractivity (Wildman–Crippen MR) is 81.9 cm³/mol. The van der Waals surface area contributed by atoms with Gasteiger partial charge in [0.05, 0.1) is 23.0 Å². The van der Waals surface area contributed by atoms with Gasteiger partial charge in [-0.1, -0.05) is 11.6 Å². The topological polar surface area (TPSA) is 101 Å². The number of nitrogens with zero attached hydrogens (tertiary/aromatic N) is 1. The van der Waals surface area contributed by atoms with Gasteiger partial charge in [0.2, 0.25) is 10.0 Å². The lowest BCUT2D eigenvalue weighted by molar-refractivity contribution is -0.146. The van der Waals surface area contributed by atoms with Crippen molar-refractivity contribution in [3.05, 3.63) is 28.8 Å². The molecule has 9 heteroatoms. The van der Waals surface area contributed by atoms with Gasteiger partial charge in [-0.15, -0.1) is 0 Å². The van der Waals surface area contributed by atoms with Crippen molar-refractivity contribution < 1.29 is 27.9 Å². The van der Waals surface area contributed by atoms with Gasteiger partial charge in [-0.2, -0.15) is 4.31 Å². The zero-order valence-corrected chi connectivity index (χ0v) is 14.1. The molecule has 0 aromatic heterocycles. The SMILES string of the molecule is COC(=O)c1cc(Cl)ccc1S(=O)(=O)N1CCC(C)(C(=O)O)C1. The van der Waals surface area contributed by atoms with E-state index in [0.29, 0.717) is 0 Å². The van der Waals surface area contributed by atoms with Crippen molar-refractivity contribution >= 4 is 33.6 Å². The number of carbonyl (C=O) groups is 2. The zero-order valence-electron chi connectivity index (χ0n) is 12.6. The second kappa shape index (κ2) is 6.10. The lowest BCUT2D eigenvalue weighted by Crippen LogP contribution is -2.35. The molecule has 126 valence electrons. The van der Waals surface area contributed by atoms with Gasteiger partial charge < -0.3 is 9.84 Å². The summed E-state index contributed by atoms with van der Waals surface area (Å²) in [4.78, 5) is 22.9. The smallest absolute Gasteiger partial charge is 0.339 e. The highest BCUT2D eigenvalue weighted by atomic mass is 35.5. The third-order valence-electron chi connectivity index (χ3n) is 3.92. The molecule has 1 N–H and O–H groups in total. The second-order valence-electron chi connectivity index (χ2n) is 5.59. The monoisotopic (exact) mass is 361 g/mol. The molecule has 1 heterocycles. The third-order valence-corrected chi connectivity index (χ3v) is 6.06. The molecule has 0 bridgehead atoms. The molecule has 0 amide bonds. The van der Waals surface area contributed by atoms with Gasteiger partial charge in [0.1, 0.15) is 0 Å². The van der Waals surface area contributed by atoms with E-state index < -0.39 is 27.4 Å². The molecular formula is C14H16ClNO6S. The van der Waals surface area contributed by atoms with Crippen molar-refractivity contribution in [2.24, 2.45) is 5.41 Å². The highest BCUT2D eigenvalue weighted by Crippen LogP contribution is 2.35. The Balaban J connectivity index is 2.46. The highest BCUT2D eigenvalue weighted by molar-refractivity contribution is 7.89. The summed E-state index contributed by atoms with van der Waals surface area (Å²) in [5, 5.41) is 9.43. The van der Waals surface area contributed by atoms with Crippen LogP contribution in [-0.4, -0.2) is 50.0 Å². The number of aliphatic carboxylic acids is 1. The van der Waals surface area contributed by atoms with E-state index in [1.54, 1.807) is 0 Å². The average Bonchev–Trinajstić information content (AvgIpc) is 2.91. The Morgan fingerprint density at radius 1 is 1.39 bits per heavy atom. The fraction of sp³-hybridized carbons (Fsp3) is 0.429. The van der Waals surface area contributed by atoms with E-state index in [4.69, 9.17) is 11.6 Å². The zero-order chi connectivity index (χ0) is 17.4. The number of hydrogen-bond donors (Lipinski definition) is 1. The normalized spacial score (nSPS) is 22.0. The number of methoxy groups -OCH3 is 1. The molecule has 1 fully saturated rings. The van der Waals surface area contributed by atoms with Crippen molar-refractivity contribution in [1.29, 1.82) is 0 Å². The van der Waals surface area contributed by atoms with Crippen LogP contribution in [0.15, 0.2) is 23.1 Å². The molecule has 1 aliphatic rings. The summed E-state index contributed by atoms with van der Waals surface area (Å²) in [6.07, 6.45) is 0.197. The number of ether oxygens (including phenoxy) is 1. The Kier molecular flexibility index (Phi) is 4.70. The maximum atomic E-state index is 12.8. The minimum atomic E-state index is -4.04. The van der Waals surface area contributed by atoms with Crippen LogP contribution in [0.2, 0.25) is 5.02 Å². The molecule has 1 aromatic carbocycles. The number of sulfonamides is 1. The maximum absolute atomic E-state index is 12.8. The number of carbonyl (C=O) groups excluding carboxylic acids is 1. The Hall–Kier alpha value is -1.64. The lowest BCUT2D eigenvalue weighted by atomic mass is 9.90. The molecular weight excluding hydrogens is 346 g/mol. The molecule has 0 spiro atoms. The van der Waals surface area contributed by atoms with Gasteiger partial charge in [0.25, 0.3) is 0 Å². The highest BCUT2D eigenvalue weighted by Gasteiger charge is 2.45. The van der Waals surface area contributed by atoms with E-state index in [2.05, 4.69) is 4.74 Å². The molecule has 1 atom stereocenters. The molecule has 2 rings (SSSR count). The molecule has 7 nitrogen and oxygen atoms in total. The van der Waals surface area contributed by atoms with Crippen molar-refractivity contribution in [3.63, 3.8) is 0 Å². The number of rotatable bonds is 4. The first kappa shape index (κ1) is 17.7. The van der Waals surface area contributed by atoms with Gasteiger partial charge in [-0.05, 0) is 31.5 Å². The number of esters is 1. The van der Waals surface area contributed by atoms with Crippen molar-refractivity contribution in [3.8, 4) is 0 Å². The Bertz CT molecular complexity index is 763. The van der Waals surface area contributed by atoms with Crippen LogP contribution in [0.4, 0.5) is 0 Å². The van der Waals surface area contributed by atoms with Gasteiger partial charge in [-0.25, -0.2) is 13.2 Å². The largest absolute Gasteiger partial charge is 0.481 e. The summed E-state index contributed by atoms with van der Waals surface area (Å²) in [7, 11) is -2.90. The summed E-state index contributed by atoms with van der Waals surface area (Å²) in [6, 6.07) is 3.79. The van der Waals surface area contributed by atoms with E-state index in [1.165, 1.54) is 25.1 Å². The minimum absolute atomic E-state index is 0.0639. The number of halogens is 1. The standard InChI is InChI=1S/C14H16ClNO6S/c1-14(13(18)19)5-6-16(8-14)23(20,21)11-4-3-9(15)7-10(11)12(17)22-2/h3-4,7H,5-6,8H2,1-2H3,(H,18,19). The number of benzene rings is 1. The Morgan fingerprint density at radius 2 is 2.04 bits per heavy atom. The molecule has 0 aliphatic carbocycles. The number of carboxylic acid groups (broad SMARTS) is 1. The lowest BCUT2D eigenvalue weighted by Gasteiger charge is -2.21. The van der Waals surface area contributed by atoms with Crippen LogP contribution in [0.1, 0.15) is 23.7 Å². The predicted octanol–water partition coefficient (Wildman–Crippen LogP) is 1.61. The Morgan fingerprint density at radius 3 is 2.57 bits per heavy atom. The van der Waals surface area contributed by atoms with Crippen LogP contribution in [0.5, 0.6) is 0 Å². The molecule has 1 unspecified atom stereocenters. The van der Waals surface area contributed by atoms with E-state index >= 15 is 0 Å². The first-order valence-corrected chi connectivity index (χ1v) is 8.55.